The molecule has 0 heterocycles. The van der Waals surface area contributed by atoms with Gasteiger partial charge in [0.2, 0.25) is 0 Å². The van der Waals surface area contributed by atoms with Crippen molar-refractivity contribution in [3.05, 3.63) is 23.8 Å². The zero-order chi connectivity index (χ0) is 7.56. The first kappa shape index (κ1) is 7.20. The molecule has 0 saturated carbocycles. The second-order valence-electron chi connectivity index (χ2n) is 2.45. The van der Waals surface area contributed by atoms with Gasteiger partial charge in [-0.15, -0.1) is 0 Å². The highest BCUT2D eigenvalue weighted by molar-refractivity contribution is 6.33. The van der Waals surface area contributed by atoms with E-state index < -0.39 is 0 Å². The molecule has 0 bridgehead atoms. The Morgan fingerprint density at radius 1 is 1.40 bits per heavy atom. The first-order chi connectivity index (χ1) is 4.74. The Balaban J connectivity index is 3.04. The molecule has 1 aromatic carbocycles. The predicted octanol–water partition coefficient (Wildman–Crippen LogP) is 0.262. The van der Waals surface area contributed by atoms with Crippen molar-refractivity contribution in [2.75, 3.05) is 7.11 Å². The van der Waals surface area contributed by atoms with Gasteiger partial charge in [-0.05, 0) is 19.1 Å². The van der Waals surface area contributed by atoms with Crippen molar-refractivity contribution in [2.45, 2.75) is 6.92 Å². The van der Waals surface area contributed by atoms with Crippen molar-refractivity contribution in [2.24, 2.45) is 0 Å². The van der Waals surface area contributed by atoms with Crippen molar-refractivity contribution in [1.82, 2.24) is 0 Å². The van der Waals surface area contributed by atoms with Crippen LogP contribution in [0.5, 0.6) is 5.75 Å². The van der Waals surface area contributed by atoms with E-state index in [1.165, 1.54) is 11.0 Å². The average molecular weight is 134 g/mol. The molecule has 0 fully saturated rings. The predicted molar refractivity (Wildman–Crippen MR) is 45.9 cm³/mol. The van der Waals surface area contributed by atoms with E-state index in [9.17, 15) is 0 Å². The minimum absolute atomic E-state index is 0.933. The van der Waals surface area contributed by atoms with Gasteiger partial charge in [0, 0.05) is 0 Å². The molecule has 0 aliphatic heterocycles. The van der Waals surface area contributed by atoms with E-state index in [0.29, 0.717) is 0 Å². The van der Waals surface area contributed by atoms with Crippen LogP contribution in [0, 0.1) is 6.92 Å². The van der Waals surface area contributed by atoms with Crippen molar-refractivity contribution in [3.63, 3.8) is 0 Å². The summed E-state index contributed by atoms with van der Waals surface area (Å²) < 4.78 is 5.05. The Kier molecular flexibility index (Phi) is 2.00. The van der Waals surface area contributed by atoms with Gasteiger partial charge in [-0.25, -0.2) is 0 Å². The number of rotatable bonds is 1. The second-order valence-corrected chi connectivity index (χ2v) is 2.45. The van der Waals surface area contributed by atoms with Crippen LogP contribution in [0.2, 0.25) is 0 Å². The van der Waals surface area contributed by atoms with E-state index in [-0.39, 0.29) is 0 Å². The minimum Gasteiger partial charge on any atom is -0.497 e. The van der Waals surface area contributed by atoms with Gasteiger partial charge in [-0.3, -0.25) is 0 Å². The lowest BCUT2D eigenvalue weighted by Crippen LogP contribution is -2.05. The number of benzene rings is 1. The van der Waals surface area contributed by atoms with E-state index >= 15 is 0 Å². The lowest BCUT2D eigenvalue weighted by Gasteiger charge is -2.02. The molecule has 0 spiro atoms. The fraction of sp³-hybridized carbons (Fsp3) is 0.250. The quantitative estimate of drug-likeness (QED) is 0.500. The molecule has 0 aliphatic rings. The van der Waals surface area contributed by atoms with Crippen LogP contribution >= 0.6 is 0 Å². The van der Waals surface area contributed by atoms with Crippen LogP contribution in [0.4, 0.5) is 0 Å². The van der Waals surface area contributed by atoms with Gasteiger partial charge in [-0.1, -0.05) is 17.1 Å². The molecule has 1 rings (SSSR count). The zero-order valence-corrected chi connectivity index (χ0v) is 6.64. The molecule has 52 valence electrons. The number of ether oxygens (including phenoxy) is 1. The third-order valence-electron chi connectivity index (χ3n) is 1.71. The molecular formula is C8H11BO. The summed E-state index contributed by atoms with van der Waals surface area (Å²) in [5.74, 6) is 0.933. The number of aryl methyl sites for hydroxylation is 1. The first-order valence-corrected chi connectivity index (χ1v) is 3.35. The zero-order valence-electron chi connectivity index (χ0n) is 6.64. The third kappa shape index (κ3) is 1.32. The molecule has 0 saturated heterocycles. The number of hydrogen-bond donors (Lipinski definition) is 0. The SMILES string of the molecule is Bc1ccc(OC)cc1C. The van der Waals surface area contributed by atoms with Crippen LogP contribution in [-0.2, 0) is 0 Å². The molecule has 0 radical (unpaired) electrons. The monoisotopic (exact) mass is 134 g/mol. The smallest absolute Gasteiger partial charge is 0.139 e. The van der Waals surface area contributed by atoms with E-state index in [4.69, 9.17) is 4.74 Å². The fourth-order valence-corrected chi connectivity index (χ4v) is 0.841. The van der Waals surface area contributed by atoms with E-state index in [1.807, 2.05) is 12.1 Å². The summed E-state index contributed by atoms with van der Waals surface area (Å²) in [6.07, 6.45) is 0. The molecule has 1 aromatic rings. The van der Waals surface area contributed by atoms with Gasteiger partial charge < -0.3 is 4.74 Å². The maximum Gasteiger partial charge on any atom is 0.139 e. The van der Waals surface area contributed by atoms with E-state index in [2.05, 4.69) is 20.8 Å². The lowest BCUT2D eigenvalue weighted by molar-refractivity contribution is 0.414. The van der Waals surface area contributed by atoms with Crippen molar-refractivity contribution >= 4 is 13.3 Å². The van der Waals surface area contributed by atoms with Crippen LogP contribution < -0.4 is 10.2 Å². The Morgan fingerprint density at radius 3 is 2.60 bits per heavy atom. The van der Waals surface area contributed by atoms with Gasteiger partial charge in [0.25, 0.3) is 0 Å². The average Bonchev–Trinajstić information content (AvgIpc) is 1.95. The molecule has 0 aromatic heterocycles. The molecule has 1 nitrogen and oxygen atoms in total. The summed E-state index contributed by atoms with van der Waals surface area (Å²) >= 11 is 0. The van der Waals surface area contributed by atoms with Gasteiger partial charge in [0.1, 0.15) is 13.6 Å². The molecule has 10 heavy (non-hydrogen) atoms. The van der Waals surface area contributed by atoms with E-state index in [1.54, 1.807) is 7.11 Å². The summed E-state index contributed by atoms with van der Waals surface area (Å²) in [6.45, 7) is 2.08. The summed E-state index contributed by atoms with van der Waals surface area (Å²) in [6, 6.07) is 6.08. The Morgan fingerprint density at radius 2 is 2.10 bits per heavy atom. The number of hydrogen-bond acceptors (Lipinski definition) is 1. The van der Waals surface area contributed by atoms with Gasteiger partial charge in [0.05, 0.1) is 7.11 Å². The Labute approximate surface area is 62.4 Å². The van der Waals surface area contributed by atoms with Crippen LogP contribution in [0.25, 0.3) is 0 Å². The molecule has 0 amide bonds. The summed E-state index contributed by atoms with van der Waals surface area (Å²) in [5.41, 5.74) is 2.58. The van der Waals surface area contributed by atoms with Crippen molar-refractivity contribution < 1.29 is 4.74 Å². The standard InChI is InChI=1S/C8H11BO/c1-6-5-7(10-2)3-4-8(6)9/h3-5H,9H2,1-2H3. The van der Waals surface area contributed by atoms with Gasteiger partial charge >= 0.3 is 0 Å². The Hall–Kier alpha value is -0.915. The maximum atomic E-state index is 5.05. The molecular weight excluding hydrogens is 123 g/mol. The van der Waals surface area contributed by atoms with E-state index in [0.717, 1.165) is 5.75 Å². The van der Waals surface area contributed by atoms with Crippen molar-refractivity contribution in [1.29, 1.82) is 0 Å². The Bertz CT molecular complexity index is 233. The summed E-state index contributed by atoms with van der Waals surface area (Å²) in [5, 5.41) is 0. The highest BCUT2D eigenvalue weighted by Crippen LogP contribution is 2.08. The largest absolute Gasteiger partial charge is 0.497 e. The molecule has 0 atom stereocenters. The molecule has 2 heteroatoms. The molecule has 0 aliphatic carbocycles. The van der Waals surface area contributed by atoms with Crippen LogP contribution in [0.1, 0.15) is 5.56 Å². The van der Waals surface area contributed by atoms with Gasteiger partial charge in [0.15, 0.2) is 0 Å². The normalized spacial score (nSPS) is 9.40. The molecule has 0 unspecified atom stereocenters. The van der Waals surface area contributed by atoms with Gasteiger partial charge in [-0.2, -0.15) is 0 Å². The fourth-order valence-electron chi connectivity index (χ4n) is 0.841. The first-order valence-electron chi connectivity index (χ1n) is 3.35. The highest BCUT2D eigenvalue weighted by atomic mass is 16.5. The third-order valence-corrected chi connectivity index (χ3v) is 1.71. The minimum atomic E-state index is 0.933. The topological polar surface area (TPSA) is 9.23 Å². The van der Waals surface area contributed by atoms with Crippen LogP contribution in [0.3, 0.4) is 0 Å². The maximum absolute atomic E-state index is 5.05. The van der Waals surface area contributed by atoms with Crippen LogP contribution in [-0.4, -0.2) is 15.0 Å². The van der Waals surface area contributed by atoms with Crippen molar-refractivity contribution in [3.8, 4) is 5.75 Å². The summed E-state index contributed by atoms with van der Waals surface area (Å²) in [4.78, 5) is 0. The number of methoxy groups -OCH3 is 1. The second kappa shape index (κ2) is 2.78. The summed E-state index contributed by atoms with van der Waals surface area (Å²) in [7, 11) is 3.78. The highest BCUT2D eigenvalue weighted by Gasteiger charge is 1.93. The lowest BCUT2D eigenvalue weighted by atomic mass is 9.91. The molecule has 0 N–H and O–H groups in total. The van der Waals surface area contributed by atoms with Crippen LogP contribution in [0.15, 0.2) is 18.2 Å².